The Bertz CT molecular complexity index is 854. The summed E-state index contributed by atoms with van der Waals surface area (Å²) >= 11 is 5.91. The van der Waals surface area contributed by atoms with Gasteiger partial charge < -0.3 is 20.7 Å². The maximum atomic E-state index is 12.7. The average Bonchev–Trinajstić information content (AvgIpc) is 2.65. The number of nitrogens with two attached hydrogens (primary N) is 1. The average molecular weight is 374 g/mol. The number of benzene rings is 2. The first-order valence-corrected chi connectivity index (χ1v) is 8.68. The van der Waals surface area contributed by atoms with Crippen molar-refractivity contribution in [1.82, 2.24) is 0 Å². The number of hydrogen-bond acceptors (Lipinski definition) is 4. The van der Waals surface area contributed by atoms with Gasteiger partial charge in [0.05, 0.1) is 19.2 Å². The van der Waals surface area contributed by atoms with E-state index >= 15 is 0 Å². The van der Waals surface area contributed by atoms with Crippen LogP contribution in [0.15, 0.2) is 36.4 Å². The number of amides is 2. The summed E-state index contributed by atoms with van der Waals surface area (Å²) in [6, 6.07) is 10.5. The predicted molar refractivity (Wildman–Crippen MR) is 102 cm³/mol. The van der Waals surface area contributed by atoms with Gasteiger partial charge in [-0.15, -0.1) is 0 Å². The molecule has 0 radical (unpaired) electrons. The normalized spacial score (nSPS) is 13.1. The molecule has 0 fully saturated rings. The summed E-state index contributed by atoms with van der Waals surface area (Å²) < 4.78 is 5.26. The number of fused-ring (bicyclic) bond motifs is 1. The highest BCUT2D eigenvalue weighted by atomic mass is 35.5. The second-order valence-corrected chi connectivity index (χ2v) is 6.49. The molecule has 3 rings (SSSR count). The van der Waals surface area contributed by atoms with Crippen LogP contribution in [0.25, 0.3) is 0 Å². The largest absolute Gasteiger partial charge is 0.497 e. The van der Waals surface area contributed by atoms with Crippen LogP contribution in [0.3, 0.4) is 0 Å². The van der Waals surface area contributed by atoms with Gasteiger partial charge in [0.2, 0.25) is 5.91 Å². The molecule has 26 heavy (non-hydrogen) atoms. The minimum Gasteiger partial charge on any atom is -0.497 e. The molecule has 0 aliphatic carbocycles. The summed E-state index contributed by atoms with van der Waals surface area (Å²) in [5.74, 6) is 0.0998. The van der Waals surface area contributed by atoms with Gasteiger partial charge in [0.1, 0.15) is 5.75 Å². The van der Waals surface area contributed by atoms with Crippen molar-refractivity contribution < 1.29 is 14.3 Å². The molecule has 0 spiro atoms. The van der Waals surface area contributed by atoms with Crippen LogP contribution in [-0.4, -0.2) is 32.0 Å². The second-order valence-electron chi connectivity index (χ2n) is 6.05. The molecule has 0 saturated carbocycles. The van der Waals surface area contributed by atoms with E-state index in [1.54, 1.807) is 24.1 Å². The van der Waals surface area contributed by atoms with Gasteiger partial charge >= 0.3 is 0 Å². The van der Waals surface area contributed by atoms with Gasteiger partial charge in [-0.25, -0.2) is 0 Å². The third-order valence-electron chi connectivity index (χ3n) is 4.38. The lowest BCUT2D eigenvalue weighted by atomic mass is 10.0. The number of primary amides is 1. The minimum atomic E-state index is -0.599. The summed E-state index contributed by atoms with van der Waals surface area (Å²) in [6.45, 7) is 0.705. The Hall–Kier alpha value is -2.73. The van der Waals surface area contributed by atoms with E-state index in [2.05, 4.69) is 5.32 Å². The molecule has 0 saturated heterocycles. The van der Waals surface area contributed by atoms with Crippen LogP contribution < -0.4 is 20.7 Å². The standard InChI is InChI=1S/C19H20ClN3O3/c1-26-14-5-7-17-12(9-14)3-2-8-23(17)18(24)11-22-16-6-4-13(20)10-15(16)19(21)25/h4-7,9-10,22H,2-3,8,11H2,1H3,(H2,21,25). The zero-order valence-electron chi connectivity index (χ0n) is 14.4. The van der Waals surface area contributed by atoms with Gasteiger partial charge in [-0.3, -0.25) is 9.59 Å². The van der Waals surface area contributed by atoms with E-state index in [0.717, 1.165) is 29.8 Å². The van der Waals surface area contributed by atoms with Crippen molar-refractivity contribution in [3.63, 3.8) is 0 Å². The highest BCUT2D eigenvalue weighted by molar-refractivity contribution is 6.31. The second kappa shape index (κ2) is 7.66. The van der Waals surface area contributed by atoms with Crippen molar-refractivity contribution in [2.45, 2.75) is 12.8 Å². The molecular weight excluding hydrogens is 354 g/mol. The number of aryl methyl sites for hydroxylation is 1. The zero-order chi connectivity index (χ0) is 18.7. The molecule has 2 aromatic rings. The Morgan fingerprint density at radius 3 is 2.81 bits per heavy atom. The minimum absolute atomic E-state index is 0.0490. The molecular formula is C19H20ClN3O3. The Kier molecular flexibility index (Phi) is 5.32. The van der Waals surface area contributed by atoms with Gasteiger partial charge in [0, 0.05) is 22.9 Å². The van der Waals surface area contributed by atoms with Crippen molar-refractivity contribution in [1.29, 1.82) is 0 Å². The maximum Gasteiger partial charge on any atom is 0.250 e. The number of nitrogens with one attached hydrogen (secondary N) is 1. The number of nitrogens with zero attached hydrogens (tertiary/aromatic N) is 1. The lowest BCUT2D eigenvalue weighted by Crippen LogP contribution is -2.39. The molecule has 0 atom stereocenters. The van der Waals surface area contributed by atoms with Crippen molar-refractivity contribution in [2.24, 2.45) is 5.73 Å². The van der Waals surface area contributed by atoms with E-state index in [0.29, 0.717) is 17.3 Å². The number of halogens is 1. The number of ether oxygens (including phenoxy) is 1. The Morgan fingerprint density at radius 1 is 1.27 bits per heavy atom. The van der Waals surface area contributed by atoms with Crippen LogP contribution in [0.4, 0.5) is 11.4 Å². The number of methoxy groups -OCH3 is 1. The molecule has 0 unspecified atom stereocenters. The lowest BCUT2D eigenvalue weighted by molar-refractivity contribution is -0.117. The van der Waals surface area contributed by atoms with E-state index in [4.69, 9.17) is 22.1 Å². The third kappa shape index (κ3) is 3.75. The first kappa shape index (κ1) is 18.1. The monoisotopic (exact) mass is 373 g/mol. The fraction of sp³-hybridized carbons (Fsp3) is 0.263. The summed E-state index contributed by atoms with van der Waals surface area (Å²) in [5.41, 5.74) is 8.11. The first-order chi connectivity index (χ1) is 12.5. The maximum absolute atomic E-state index is 12.7. The molecule has 136 valence electrons. The number of hydrogen-bond donors (Lipinski definition) is 2. The molecule has 1 aliphatic heterocycles. The van der Waals surface area contributed by atoms with Crippen molar-refractivity contribution in [3.05, 3.63) is 52.5 Å². The van der Waals surface area contributed by atoms with Crippen LogP contribution in [0.2, 0.25) is 5.02 Å². The topological polar surface area (TPSA) is 84.7 Å². The number of anilines is 2. The van der Waals surface area contributed by atoms with Gasteiger partial charge in [0.25, 0.3) is 5.91 Å². The lowest BCUT2D eigenvalue weighted by Gasteiger charge is -2.30. The van der Waals surface area contributed by atoms with Crippen LogP contribution in [0.5, 0.6) is 5.75 Å². The third-order valence-corrected chi connectivity index (χ3v) is 4.62. The first-order valence-electron chi connectivity index (χ1n) is 8.30. The quantitative estimate of drug-likeness (QED) is 0.844. The van der Waals surface area contributed by atoms with Crippen molar-refractivity contribution in [2.75, 3.05) is 30.4 Å². The molecule has 2 amide bonds. The van der Waals surface area contributed by atoms with Gasteiger partial charge in [-0.1, -0.05) is 11.6 Å². The predicted octanol–water partition coefficient (Wildman–Crippen LogP) is 2.84. The van der Waals surface area contributed by atoms with E-state index in [1.807, 2.05) is 18.2 Å². The van der Waals surface area contributed by atoms with Gasteiger partial charge in [-0.05, 0) is 54.8 Å². The highest BCUT2D eigenvalue weighted by Gasteiger charge is 2.23. The Labute approximate surface area is 156 Å². The van der Waals surface area contributed by atoms with Crippen molar-refractivity contribution in [3.8, 4) is 5.75 Å². The summed E-state index contributed by atoms with van der Waals surface area (Å²) in [5, 5.41) is 3.41. The fourth-order valence-electron chi connectivity index (χ4n) is 3.10. The molecule has 6 nitrogen and oxygen atoms in total. The molecule has 3 N–H and O–H groups in total. The number of carbonyl (C=O) groups excluding carboxylic acids is 2. The van der Waals surface area contributed by atoms with Crippen LogP contribution >= 0.6 is 11.6 Å². The molecule has 1 heterocycles. The Balaban J connectivity index is 1.75. The summed E-state index contributed by atoms with van der Waals surface area (Å²) in [4.78, 5) is 26.0. The molecule has 1 aliphatic rings. The van der Waals surface area contributed by atoms with Crippen LogP contribution in [0.1, 0.15) is 22.3 Å². The highest BCUT2D eigenvalue weighted by Crippen LogP contribution is 2.30. The van der Waals surface area contributed by atoms with Crippen molar-refractivity contribution >= 4 is 34.8 Å². The summed E-state index contributed by atoms with van der Waals surface area (Å²) in [7, 11) is 1.62. The van der Waals surface area contributed by atoms with E-state index in [1.165, 1.54) is 6.07 Å². The van der Waals surface area contributed by atoms with E-state index < -0.39 is 5.91 Å². The van der Waals surface area contributed by atoms with Gasteiger partial charge in [-0.2, -0.15) is 0 Å². The van der Waals surface area contributed by atoms with E-state index in [-0.39, 0.29) is 18.0 Å². The van der Waals surface area contributed by atoms with Gasteiger partial charge in [0.15, 0.2) is 0 Å². The molecule has 0 bridgehead atoms. The smallest absolute Gasteiger partial charge is 0.250 e. The molecule has 0 aromatic heterocycles. The van der Waals surface area contributed by atoms with E-state index in [9.17, 15) is 9.59 Å². The SMILES string of the molecule is COc1ccc2c(c1)CCCN2C(=O)CNc1ccc(Cl)cc1C(N)=O. The van der Waals surface area contributed by atoms with Crippen LogP contribution in [-0.2, 0) is 11.2 Å². The Morgan fingerprint density at radius 2 is 2.08 bits per heavy atom. The zero-order valence-corrected chi connectivity index (χ0v) is 15.2. The molecule has 7 heteroatoms. The number of carbonyl (C=O) groups is 2. The fourth-order valence-corrected chi connectivity index (χ4v) is 3.27. The number of rotatable bonds is 5. The van der Waals surface area contributed by atoms with Crippen LogP contribution in [0, 0.1) is 0 Å². The molecule has 2 aromatic carbocycles. The summed E-state index contributed by atoms with van der Waals surface area (Å²) in [6.07, 6.45) is 1.80.